The largest absolute Gasteiger partial charge is 0.396 e. The summed E-state index contributed by atoms with van der Waals surface area (Å²) < 4.78 is 0. The predicted molar refractivity (Wildman–Crippen MR) is 93.7 cm³/mol. The van der Waals surface area contributed by atoms with Gasteiger partial charge in [0.25, 0.3) is 0 Å². The van der Waals surface area contributed by atoms with Crippen molar-refractivity contribution >= 4 is 29.6 Å². The molecule has 0 saturated heterocycles. The van der Waals surface area contributed by atoms with Gasteiger partial charge in [0.15, 0.2) is 0 Å². The number of hydrogen-bond donors (Lipinski definition) is 4. The monoisotopic (exact) mass is 319 g/mol. The van der Waals surface area contributed by atoms with E-state index >= 15 is 0 Å². The Morgan fingerprint density at radius 1 is 0.429 bits per heavy atom. The summed E-state index contributed by atoms with van der Waals surface area (Å²) in [6.45, 7) is 9.58. The summed E-state index contributed by atoms with van der Waals surface area (Å²) in [5, 5.41) is 32.3. The van der Waals surface area contributed by atoms with Gasteiger partial charge in [-0.05, 0) is 25.7 Å². The molecule has 0 fully saturated rings. The first-order chi connectivity index (χ1) is 9.66. The van der Waals surface area contributed by atoms with Crippen LogP contribution in [0.25, 0.3) is 0 Å². The van der Waals surface area contributed by atoms with Crippen LogP contribution in [-0.2, 0) is 0 Å². The van der Waals surface area contributed by atoms with Crippen LogP contribution in [0.15, 0.2) is 0 Å². The Bertz CT molecular complexity index is 74.3. The van der Waals surface area contributed by atoms with Crippen LogP contribution in [0.5, 0.6) is 0 Å². The van der Waals surface area contributed by atoms with Gasteiger partial charge in [-0.15, -0.1) is 0 Å². The zero-order chi connectivity index (χ0) is 16.5. The molecule has 0 spiro atoms. The van der Waals surface area contributed by atoms with Crippen LogP contribution in [0, 0.1) is 0 Å². The number of unbranched alkanes of at least 4 members (excludes halogenated alkanes) is 4. The Labute approximate surface area is 155 Å². The van der Waals surface area contributed by atoms with Crippen LogP contribution in [-0.4, -0.2) is 76.4 Å². The third-order valence-corrected chi connectivity index (χ3v) is 2.05. The molecule has 0 bridgehead atoms. The molecule has 0 unspecified atom stereocenters. The first kappa shape index (κ1) is 33.4. The molecule has 4 nitrogen and oxygen atoms in total. The minimum atomic E-state index is 0. The molecule has 0 rings (SSSR count). The van der Waals surface area contributed by atoms with Crippen LogP contribution in [0.3, 0.4) is 0 Å². The number of aliphatic hydroxyl groups is 4. The van der Waals surface area contributed by atoms with Gasteiger partial charge in [0.2, 0.25) is 0 Å². The minimum absolute atomic E-state index is 0. The van der Waals surface area contributed by atoms with Crippen molar-refractivity contribution in [3.8, 4) is 0 Å². The fourth-order valence-corrected chi connectivity index (χ4v) is 0.632. The molecule has 5 heteroatoms. The predicted octanol–water partition coefficient (Wildman–Crippen LogP) is 2.73. The molecule has 0 saturated carbocycles. The number of hydrogen-bond acceptors (Lipinski definition) is 4. The first-order valence-corrected chi connectivity index (χ1v) is 8.09. The van der Waals surface area contributed by atoms with E-state index in [2.05, 4.69) is 27.7 Å². The Kier molecular flexibility index (Phi) is 79.2. The molecule has 4 N–H and O–H groups in total. The Hall–Kier alpha value is 0.840. The fourth-order valence-electron chi connectivity index (χ4n) is 0.632. The molecule has 0 heterocycles. The van der Waals surface area contributed by atoms with E-state index in [1.54, 1.807) is 0 Å². The number of aliphatic hydroxyl groups excluding tert-OH is 4. The minimum Gasteiger partial charge on any atom is -0.396 e. The van der Waals surface area contributed by atoms with Gasteiger partial charge in [0, 0.05) is 56.0 Å². The Morgan fingerprint density at radius 3 is 0.571 bits per heavy atom. The SMILES string of the molecule is CCCCO.CCCCO.CCCCO.CCCCO.[Na]. The molecule has 0 aromatic rings. The standard InChI is InChI=1S/4C4H10O.Na/c4*1-2-3-4-5;/h4*5H,2-4H2,1H3;. The van der Waals surface area contributed by atoms with E-state index in [0.717, 1.165) is 51.4 Å². The summed E-state index contributed by atoms with van der Waals surface area (Å²) in [6.07, 6.45) is 8.15. The second-order valence-corrected chi connectivity index (χ2v) is 4.31. The van der Waals surface area contributed by atoms with E-state index in [0.29, 0.717) is 26.4 Å². The molecule has 0 aliphatic rings. The molecule has 0 aliphatic heterocycles. The summed E-state index contributed by atoms with van der Waals surface area (Å²) in [5.41, 5.74) is 0. The molecule has 0 amide bonds. The van der Waals surface area contributed by atoms with Crippen molar-refractivity contribution in [1.29, 1.82) is 0 Å². The van der Waals surface area contributed by atoms with E-state index in [9.17, 15) is 0 Å². The smallest absolute Gasteiger partial charge is 0.0430 e. The van der Waals surface area contributed by atoms with Crippen molar-refractivity contribution < 1.29 is 20.4 Å². The first-order valence-electron chi connectivity index (χ1n) is 8.09. The summed E-state index contributed by atoms with van der Waals surface area (Å²) in [4.78, 5) is 0. The van der Waals surface area contributed by atoms with Gasteiger partial charge in [-0.2, -0.15) is 0 Å². The van der Waals surface area contributed by atoms with Crippen LogP contribution < -0.4 is 0 Å². The van der Waals surface area contributed by atoms with Crippen molar-refractivity contribution in [2.45, 2.75) is 79.1 Å². The third-order valence-electron chi connectivity index (χ3n) is 2.05. The fraction of sp³-hybridized carbons (Fsp3) is 1.00. The molecule has 0 aliphatic carbocycles. The van der Waals surface area contributed by atoms with Gasteiger partial charge in [-0.3, -0.25) is 0 Å². The van der Waals surface area contributed by atoms with Gasteiger partial charge in [-0.1, -0.05) is 53.4 Å². The van der Waals surface area contributed by atoms with Crippen molar-refractivity contribution in [3.05, 3.63) is 0 Å². The normalized spacial score (nSPS) is 8.00. The average Bonchev–Trinajstić information content (AvgIpc) is 2.44. The van der Waals surface area contributed by atoms with Crippen molar-refractivity contribution in [1.82, 2.24) is 0 Å². The van der Waals surface area contributed by atoms with Crippen LogP contribution in [0.1, 0.15) is 79.1 Å². The van der Waals surface area contributed by atoms with E-state index in [1.165, 1.54) is 0 Å². The summed E-state index contributed by atoms with van der Waals surface area (Å²) >= 11 is 0. The van der Waals surface area contributed by atoms with Gasteiger partial charge >= 0.3 is 0 Å². The van der Waals surface area contributed by atoms with Gasteiger partial charge in [0.05, 0.1) is 0 Å². The third kappa shape index (κ3) is 94.7. The average molecular weight is 319 g/mol. The topological polar surface area (TPSA) is 80.9 Å². The Morgan fingerprint density at radius 2 is 0.571 bits per heavy atom. The molecule has 1 radical (unpaired) electrons. The molecular formula is C16H40NaO4. The zero-order valence-corrected chi connectivity index (χ0v) is 17.3. The molecule has 0 aromatic carbocycles. The van der Waals surface area contributed by atoms with E-state index < -0.39 is 0 Å². The molecule has 21 heavy (non-hydrogen) atoms. The van der Waals surface area contributed by atoms with Gasteiger partial charge < -0.3 is 20.4 Å². The second kappa shape index (κ2) is 49.8. The van der Waals surface area contributed by atoms with Crippen molar-refractivity contribution in [3.63, 3.8) is 0 Å². The van der Waals surface area contributed by atoms with Gasteiger partial charge in [-0.25, -0.2) is 0 Å². The quantitative estimate of drug-likeness (QED) is 0.519. The number of rotatable bonds is 8. The molecule has 0 atom stereocenters. The van der Waals surface area contributed by atoms with Crippen LogP contribution in [0.2, 0.25) is 0 Å². The molecular weight excluding hydrogens is 279 g/mol. The van der Waals surface area contributed by atoms with Crippen molar-refractivity contribution in [2.24, 2.45) is 0 Å². The summed E-state index contributed by atoms with van der Waals surface area (Å²) in [5.74, 6) is 0. The zero-order valence-electron chi connectivity index (χ0n) is 15.3. The molecule has 0 aromatic heterocycles. The maximum Gasteiger partial charge on any atom is 0.0430 e. The van der Waals surface area contributed by atoms with E-state index in [4.69, 9.17) is 20.4 Å². The second-order valence-electron chi connectivity index (χ2n) is 4.31. The van der Waals surface area contributed by atoms with Crippen LogP contribution >= 0.6 is 0 Å². The van der Waals surface area contributed by atoms with Gasteiger partial charge in [0.1, 0.15) is 0 Å². The maximum absolute atomic E-state index is 8.07. The van der Waals surface area contributed by atoms with E-state index in [-0.39, 0.29) is 29.6 Å². The molecule has 129 valence electrons. The van der Waals surface area contributed by atoms with Crippen molar-refractivity contribution in [2.75, 3.05) is 26.4 Å². The van der Waals surface area contributed by atoms with E-state index in [1.807, 2.05) is 0 Å². The maximum atomic E-state index is 8.07. The summed E-state index contributed by atoms with van der Waals surface area (Å²) in [6, 6.07) is 0. The Balaban J connectivity index is -0.0000000533. The van der Waals surface area contributed by atoms with Crippen LogP contribution in [0.4, 0.5) is 0 Å². The summed E-state index contributed by atoms with van der Waals surface area (Å²) in [7, 11) is 0.